The highest BCUT2D eigenvalue weighted by Crippen LogP contribution is 2.31. The van der Waals surface area contributed by atoms with Gasteiger partial charge in [-0.05, 0) is 60.5 Å². The van der Waals surface area contributed by atoms with E-state index in [0.29, 0.717) is 11.9 Å². The summed E-state index contributed by atoms with van der Waals surface area (Å²) in [5.74, 6) is 0.934. The zero-order valence-corrected chi connectivity index (χ0v) is 13.6. The topological polar surface area (TPSA) is 71.0 Å². The summed E-state index contributed by atoms with van der Waals surface area (Å²) < 4.78 is 0. The number of hydrogen-bond acceptors (Lipinski definition) is 5. The summed E-state index contributed by atoms with van der Waals surface area (Å²) in [6.45, 7) is 3.76. The Morgan fingerprint density at radius 3 is 2.74 bits per heavy atom. The first-order valence-corrected chi connectivity index (χ1v) is 7.95. The molecule has 0 unspecified atom stereocenters. The Kier molecular flexibility index (Phi) is 4.71. The zero-order chi connectivity index (χ0) is 16.2. The summed E-state index contributed by atoms with van der Waals surface area (Å²) >= 11 is 5.76. The number of benzene rings is 1. The molecule has 1 saturated heterocycles. The first-order valence-electron chi connectivity index (χ1n) is 7.57. The van der Waals surface area contributed by atoms with Crippen LogP contribution in [0.3, 0.4) is 0 Å². The maximum absolute atomic E-state index is 10.8. The number of nitrogens with zero attached hydrogens (tertiary/aromatic N) is 4. The van der Waals surface area contributed by atoms with Gasteiger partial charge in [0.05, 0.1) is 0 Å². The molecule has 1 aromatic heterocycles. The predicted molar refractivity (Wildman–Crippen MR) is 88.9 cm³/mol. The fourth-order valence-electron chi connectivity index (χ4n) is 2.99. The average Bonchev–Trinajstić information content (AvgIpc) is 2.55. The van der Waals surface area contributed by atoms with Crippen LogP contribution in [0.4, 0.5) is 11.6 Å². The van der Waals surface area contributed by atoms with Gasteiger partial charge in [-0.2, -0.15) is 4.98 Å². The lowest BCUT2D eigenvalue weighted by Crippen LogP contribution is -2.31. The molecule has 1 aliphatic heterocycles. The summed E-state index contributed by atoms with van der Waals surface area (Å²) in [6.07, 6.45) is 4.33. The summed E-state index contributed by atoms with van der Waals surface area (Å²) in [5, 5.41) is 3.30. The molecule has 23 heavy (non-hydrogen) atoms. The lowest BCUT2D eigenvalue weighted by Gasteiger charge is -2.30. The van der Waals surface area contributed by atoms with Crippen LogP contribution in [0.25, 0.3) is 0 Å². The molecule has 0 saturated carbocycles. The van der Waals surface area contributed by atoms with Crippen LogP contribution >= 0.6 is 11.6 Å². The molecule has 2 aromatic rings. The van der Waals surface area contributed by atoms with E-state index >= 15 is 0 Å². The molecule has 0 bridgehead atoms. The SMILES string of the molecule is Cc1cc(Nc2ncnc(Cl)n2)ccc1C1CCN(C=O)CC1. The third kappa shape index (κ3) is 3.76. The Hall–Kier alpha value is -2.21. The standard InChI is InChI=1S/C16H18ClN5O/c1-11-8-13(20-16-19-9-18-15(17)21-16)2-3-14(11)12-4-6-22(10-23)7-5-12/h2-3,8-10,12H,4-7H2,1H3,(H,18,19,20,21). The third-order valence-corrected chi connectivity index (χ3v) is 4.37. The number of aromatic nitrogens is 3. The van der Waals surface area contributed by atoms with E-state index in [1.54, 1.807) is 0 Å². The van der Waals surface area contributed by atoms with Gasteiger partial charge >= 0.3 is 0 Å². The maximum Gasteiger partial charge on any atom is 0.231 e. The monoisotopic (exact) mass is 331 g/mol. The summed E-state index contributed by atoms with van der Waals surface area (Å²) in [7, 11) is 0. The lowest BCUT2D eigenvalue weighted by atomic mass is 9.87. The minimum atomic E-state index is 0.165. The van der Waals surface area contributed by atoms with E-state index in [1.165, 1.54) is 17.5 Å². The highest BCUT2D eigenvalue weighted by atomic mass is 35.5. The van der Waals surface area contributed by atoms with Crippen molar-refractivity contribution < 1.29 is 4.79 Å². The number of nitrogens with one attached hydrogen (secondary N) is 1. The highest BCUT2D eigenvalue weighted by Gasteiger charge is 2.20. The second kappa shape index (κ2) is 6.91. The van der Waals surface area contributed by atoms with Gasteiger partial charge in [-0.15, -0.1) is 0 Å². The van der Waals surface area contributed by atoms with Crippen molar-refractivity contribution in [1.82, 2.24) is 19.9 Å². The van der Waals surface area contributed by atoms with Crippen LogP contribution < -0.4 is 5.32 Å². The minimum absolute atomic E-state index is 0.165. The molecule has 1 aliphatic rings. The number of amides is 1. The molecule has 120 valence electrons. The Morgan fingerprint density at radius 2 is 2.09 bits per heavy atom. The van der Waals surface area contributed by atoms with Gasteiger partial charge in [-0.25, -0.2) is 9.97 Å². The van der Waals surface area contributed by atoms with E-state index in [-0.39, 0.29) is 5.28 Å². The van der Waals surface area contributed by atoms with Gasteiger partial charge in [0.15, 0.2) is 0 Å². The van der Waals surface area contributed by atoms with E-state index in [2.05, 4.69) is 39.3 Å². The summed E-state index contributed by atoms with van der Waals surface area (Å²) in [6, 6.07) is 6.24. The molecule has 1 amide bonds. The van der Waals surface area contributed by atoms with Crippen molar-refractivity contribution in [3.8, 4) is 0 Å². The van der Waals surface area contributed by atoms with E-state index in [0.717, 1.165) is 38.0 Å². The lowest BCUT2D eigenvalue weighted by molar-refractivity contribution is -0.119. The number of carbonyl (C=O) groups is 1. The van der Waals surface area contributed by atoms with Crippen LogP contribution in [0.1, 0.15) is 29.9 Å². The number of carbonyl (C=O) groups excluding carboxylic acids is 1. The summed E-state index contributed by atoms with van der Waals surface area (Å²) in [5.41, 5.74) is 3.48. The number of rotatable bonds is 4. The summed E-state index contributed by atoms with van der Waals surface area (Å²) in [4.78, 5) is 24.5. The molecule has 7 heteroatoms. The molecular formula is C16H18ClN5O. The second-order valence-electron chi connectivity index (χ2n) is 5.69. The van der Waals surface area contributed by atoms with Gasteiger partial charge in [-0.1, -0.05) is 6.07 Å². The van der Waals surface area contributed by atoms with E-state index in [9.17, 15) is 4.79 Å². The van der Waals surface area contributed by atoms with Crippen LogP contribution in [0.15, 0.2) is 24.5 Å². The minimum Gasteiger partial charge on any atom is -0.345 e. The largest absolute Gasteiger partial charge is 0.345 e. The van der Waals surface area contributed by atoms with Crippen molar-refractivity contribution >= 4 is 29.6 Å². The Balaban J connectivity index is 1.72. The second-order valence-corrected chi connectivity index (χ2v) is 6.03. The first kappa shape index (κ1) is 15.7. The number of aryl methyl sites for hydroxylation is 1. The number of piperidine rings is 1. The molecule has 0 aliphatic carbocycles. The van der Waals surface area contributed by atoms with Crippen LogP contribution in [0.2, 0.25) is 5.28 Å². The number of likely N-dealkylation sites (tertiary alicyclic amines) is 1. The Labute approximate surface area is 139 Å². The smallest absolute Gasteiger partial charge is 0.231 e. The quantitative estimate of drug-likeness (QED) is 0.872. The molecule has 6 nitrogen and oxygen atoms in total. The van der Waals surface area contributed by atoms with Crippen molar-refractivity contribution in [3.63, 3.8) is 0 Å². The fourth-order valence-corrected chi connectivity index (χ4v) is 3.12. The predicted octanol–water partition coefficient (Wildman–Crippen LogP) is 2.91. The van der Waals surface area contributed by atoms with E-state index in [1.807, 2.05) is 11.0 Å². The van der Waals surface area contributed by atoms with Gasteiger partial charge in [0.2, 0.25) is 17.6 Å². The van der Waals surface area contributed by atoms with Gasteiger partial charge in [-0.3, -0.25) is 4.79 Å². The number of hydrogen-bond donors (Lipinski definition) is 1. The molecular weight excluding hydrogens is 314 g/mol. The van der Waals surface area contributed by atoms with Gasteiger partial charge in [0.25, 0.3) is 0 Å². The van der Waals surface area contributed by atoms with Crippen LogP contribution in [0, 0.1) is 6.92 Å². The van der Waals surface area contributed by atoms with Crippen molar-refractivity contribution in [1.29, 1.82) is 0 Å². The van der Waals surface area contributed by atoms with Crippen molar-refractivity contribution in [2.24, 2.45) is 0 Å². The van der Waals surface area contributed by atoms with Crippen molar-refractivity contribution in [2.45, 2.75) is 25.7 Å². The van der Waals surface area contributed by atoms with Gasteiger partial charge in [0, 0.05) is 18.8 Å². The molecule has 0 atom stereocenters. The molecule has 0 spiro atoms. The normalized spacial score (nSPS) is 15.5. The maximum atomic E-state index is 10.8. The molecule has 2 heterocycles. The van der Waals surface area contributed by atoms with Crippen molar-refractivity contribution in [3.05, 3.63) is 40.9 Å². The zero-order valence-electron chi connectivity index (χ0n) is 12.9. The molecule has 1 fully saturated rings. The van der Waals surface area contributed by atoms with Crippen LogP contribution in [-0.4, -0.2) is 39.4 Å². The average molecular weight is 332 g/mol. The third-order valence-electron chi connectivity index (χ3n) is 4.19. The van der Waals surface area contributed by atoms with E-state index < -0.39 is 0 Å². The van der Waals surface area contributed by atoms with Gasteiger partial charge in [0.1, 0.15) is 6.33 Å². The highest BCUT2D eigenvalue weighted by molar-refractivity contribution is 6.28. The van der Waals surface area contributed by atoms with Crippen molar-refractivity contribution in [2.75, 3.05) is 18.4 Å². The number of anilines is 2. The molecule has 3 rings (SSSR count). The van der Waals surface area contributed by atoms with Crippen LogP contribution in [0.5, 0.6) is 0 Å². The fraction of sp³-hybridized carbons (Fsp3) is 0.375. The molecule has 1 aromatic carbocycles. The molecule has 0 radical (unpaired) electrons. The van der Waals surface area contributed by atoms with E-state index in [4.69, 9.17) is 11.6 Å². The first-order chi connectivity index (χ1) is 11.2. The van der Waals surface area contributed by atoms with Gasteiger partial charge < -0.3 is 10.2 Å². The Bertz CT molecular complexity index is 701. The molecule has 1 N–H and O–H groups in total. The van der Waals surface area contributed by atoms with Crippen LogP contribution in [-0.2, 0) is 4.79 Å². The Morgan fingerprint density at radius 1 is 1.30 bits per heavy atom. The number of halogens is 1.